The summed E-state index contributed by atoms with van der Waals surface area (Å²) in [7, 11) is 0. The molecule has 1 N–H and O–H groups in total. The summed E-state index contributed by atoms with van der Waals surface area (Å²) in [5.41, 5.74) is 0. The Morgan fingerprint density at radius 3 is 3.12 bits per heavy atom. The van der Waals surface area contributed by atoms with Crippen molar-refractivity contribution in [3.8, 4) is 5.75 Å². The highest BCUT2D eigenvalue weighted by Gasteiger charge is 2.14. The van der Waals surface area contributed by atoms with Crippen LogP contribution in [0.25, 0.3) is 0 Å². The first-order chi connectivity index (χ1) is 7.75. The molecule has 16 heavy (non-hydrogen) atoms. The SMILES string of the molecule is Clc1ccc(Br)cc1OCC1CCCNC1. The average molecular weight is 305 g/mol. The maximum atomic E-state index is 6.05. The van der Waals surface area contributed by atoms with Gasteiger partial charge in [-0.15, -0.1) is 0 Å². The summed E-state index contributed by atoms with van der Waals surface area (Å²) in [5.74, 6) is 1.37. The predicted octanol–water partition coefficient (Wildman–Crippen LogP) is 3.48. The Morgan fingerprint density at radius 2 is 2.38 bits per heavy atom. The molecular formula is C12H15BrClNO. The van der Waals surface area contributed by atoms with E-state index in [1.54, 1.807) is 0 Å². The molecule has 1 unspecified atom stereocenters. The molecule has 0 aromatic heterocycles. The van der Waals surface area contributed by atoms with E-state index in [4.69, 9.17) is 16.3 Å². The van der Waals surface area contributed by atoms with Gasteiger partial charge in [-0.25, -0.2) is 0 Å². The van der Waals surface area contributed by atoms with Gasteiger partial charge >= 0.3 is 0 Å². The van der Waals surface area contributed by atoms with E-state index < -0.39 is 0 Å². The molecule has 1 saturated heterocycles. The Labute approximate surface area is 109 Å². The standard InChI is InChI=1S/C12H15BrClNO/c13-10-3-4-11(14)12(6-10)16-8-9-2-1-5-15-7-9/h3-4,6,9,15H,1-2,5,7-8H2. The second kappa shape index (κ2) is 5.89. The first-order valence-electron chi connectivity index (χ1n) is 5.54. The second-order valence-corrected chi connectivity index (χ2v) is 5.42. The van der Waals surface area contributed by atoms with Gasteiger partial charge in [0.25, 0.3) is 0 Å². The fourth-order valence-corrected chi connectivity index (χ4v) is 2.37. The first-order valence-corrected chi connectivity index (χ1v) is 6.71. The number of benzene rings is 1. The van der Waals surface area contributed by atoms with Crippen molar-refractivity contribution in [1.82, 2.24) is 5.32 Å². The number of rotatable bonds is 3. The molecule has 2 nitrogen and oxygen atoms in total. The van der Waals surface area contributed by atoms with Crippen molar-refractivity contribution in [3.05, 3.63) is 27.7 Å². The number of piperidine rings is 1. The van der Waals surface area contributed by atoms with Gasteiger partial charge in [0.2, 0.25) is 0 Å². The summed E-state index contributed by atoms with van der Waals surface area (Å²) in [6, 6.07) is 5.68. The number of nitrogens with one attached hydrogen (secondary N) is 1. The van der Waals surface area contributed by atoms with E-state index in [-0.39, 0.29) is 0 Å². The Morgan fingerprint density at radius 1 is 1.50 bits per heavy atom. The van der Waals surface area contributed by atoms with Crippen molar-refractivity contribution >= 4 is 27.5 Å². The van der Waals surface area contributed by atoms with Crippen LogP contribution in [-0.4, -0.2) is 19.7 Å². The van der Waals surface area contributed by atoms with Crippen molar-refractivity contribution in [2.24, 2.45) is 5.92 Å². The number of halogens is 2. The zero-order chi connectivity index (χ0) is 11.4. The van der Waals surface area contributed by atoms with E-state index in [1.165, 1.54) is 12.8 Å². The van der Waals surface area contributed by atoms with Crippen LogP contribution >= 0.6 is 27.5 Å². The fraction of sp³-hybridized carbons (Fsp3) is 0.500. The zero-order valence-corrected chi connectivity index (χ0v) is 11.4. The van der Waals surface area contributed by atoms with Crippen molar-refractivity contribution in [2.45, 2.75) is 12.8 Å². The van der Waals surface area contributed by atoms with Gasteiger partial charge in [0.05, 0.1) is 11.6 Å². The van der Waals surface area contributed by atoms with Crippen molar-refractivity contribution in [3.63, 3.8) is 0 Å². The van der Waals surface area contributed by atoms with E-state index >= 15 is 0 Å². The molecule has 4 heteroatoms. The van der Waals surface area contributed by atoms with Crippen LogP contribution in [0.1, 0.15) is 12.8 Å². The fourth-order valence-electron chi connectivity index (χ4n) is 1.86. The molecule has 0 spiro atoms. The molecule has 0 radical (unpaired) electrons. The van der Waals surface area contributed by atoms with Crippen LogP contribution in [0.3, 0.4) is 0 Å². The third kappa shape index (κ3) is 3.37. The van der Waals surface area contributed by atoms with Crippen molar-refractivity contribution in [1.29, 1.82) is 0 Å². The lowest BCUT2D eigenvalue weighted by molar-refractivity contribution is 0.218. The maximum Gasteiger partial charge on any atom is 0.139 e. The van der Waals surface area contributed by atoms with Crippen LogP contribution in [-0.2, 0) is 0 Å². The van der Waals surface area contributed by atoms with Gasteiger partial charge in [-0.2, -0.15) is 0 Å². The van der Waals surface area contributed by atoms with E-state index in [9.17, 15) is 0 Å². The lowest BCUT2D eigenvalue weighted by Gasteiger charge is -2.23. The predicted molar refractivity (Wildman–Crippen MR) is 70.2 cm³/mol. The second-order valence-electron chi connectivity index (χ2n) is 4.10. The smallest absolute Gasteiger partial charge is 0.139 e. The zero-order valence-electron chi connectivity index (χ0n) is 9.01. The van der Waals surface area contributed by atoms with Gasteiger partial charge in [0.15, 0.2) is 0 Å². The van der Waals surface area contributed by atoms with Gasteiger partial charge < -0.3 is 10.1 Å². The molecular weight excluding hydrogens is 289 g/mol. The van der Waals surface area contributed by atoms with Crippen LogP contribution in [0.15, 0.2) is 22.7 Å². The third-order valence-corrected chi connectivity index (χ3v) is 3.57. The van der Waals surface area contributed by atoms with Gasteiger partial charge in [0, 0.05) is 16.9 Å². The van der Waals surface area contributed by atoms with Crippen molar-refractivity contribution < 1.29 is 4.74 Å². The van der Waals surface area contributed by atoms with Crippen LogP contribution in [0.5, 0.6) is 5.75 Å². The first kappa shape index (κ1) is 12.2. The molecule has 1 aliphatic heterocycles. The quantitative estimate of drug-likeness (QED) is 0.923. The van der Waals surface area contributed by atoms with Crippen LogP contribution in [0.4, 0.5) is 0 Å². The largest absolute Gasteiger partial charge is 0.492 e. The van der Waals surface area contributed by atoms with E-state index in [1.807, 2.05) is 18.2 Å². The minimum Gasteiger partial charge on any atom is -0.492 e. The van der Waals surface area contributed by atoms with Gasteiger partial charge in [-0.1, -0.05) is 27.5 Å². The van der Waals surface area contributed by atoms with Gasteiger partial charge in [-0.05, 0) is 37.6 Å². The molecule has 0 saturated carbocycles. The minimum atomic E-state index is 0.601. The molecule has 2 rings (SSSR count). The van der Waals surface area contributed by atoms with Crippen LogP contribution < -0.4 is 10.1 Å². The Kier molecular flexibility index (Phi) is 4.50. The lowest BCUT2D eigenvalue weighted by Crippen LogP contribution is -2.33. The Hall–Kier alpha value is -0.250. The summed E-state index contributed by atoms with van der Waals surface area (Å²) in [5, 5.41) is 4.05. The molecule has 1 fully saturated rings. The summed E-state index contributed by atoms with van der Waals surface area (Å²) in [6.07, 6.45) is 2.47. The summed E-state index contributed by atoms with van der Waals surface area (Å²) < 4.78 is 6.75. The number of hydrogen-bond donors (Lipinski definition) is 1. The van der Waals surface area contributed by atoms with E-state index in [2.05, 4.69) is 21.2 Å². The average Bonchev–Trinajstić information content (AvgIpc) is 2.32. The van der Waals surface area contributed by atoms with E-state index in [0.29, 0.717) is 10.9 Å². The molecule has 0 aliphatic carbocycles. The molecule has 1 atom stereocenters. The minimum absolute atomic E-state index is 0.601. The van der Waals surface area contributed by atoms with E-state index in [0.717, 1.165) is 29.9 Å². The highest BCUT2D eigenvalue weighted by molar-refractivity contribution is 9.10. The normalized spacial score (nSPS) is 20.8. The summed E-state index contributed by atoms with van der Waals surface area (Å²) >= 11 is 9.46. The molecule has 1 aromatic rings. The van der Waals surface area contributed by atoms with Crippen LogP contribution in [0, 0.1) is 5.92 Å². The monoisotopic (exact) mass is 303 g/mol. The maximum absolute atomic E-state index is 6.05. The molecule has 1 heterocycles. The van der Waals surface area contributed by atoms with Crippen LogP contribution in [0.2, 0.25) is 5.02 Å². The van der Waals surface area contributed by atoms with Gasteiger partial charge in [-0.3, -0.25) is 0 Å². The summed E-state index contributed by atoms with van der Waals surface area (Å²) in [6.45, 7) is 2.92. The van der Waals surface area contributed by atoms with Gasteiger partial charge in [0.1, 0.15) is 5.75 Å². The molecule has 1 aliphatic rings. The molecule has 0 amide bonds. The highest BCUT2D eigenvalue weighted by Crippen LogP contribution is 2.28. The molecule has 88 valence electrons. The molecule has 0 bridgehead atoms. The topological polar surface area (TPSA) is 21.3 Å². The molecule has 1 aromatic carbocycles. The number of ether oxygens (including phenoxy) is 1. The number of hydrogen-bond acceptors (Lipinski definition) is 2. The van der Waals surface area contributed by atoms with Crippen molar-refractivity contribution in [2.75, 3.05) is 19.7 Å². The Balaban J connectivity index is 1.90. The highest BCUT2D eigenvalue weighted by atomic mass is 79.9. The summed E-state index contributed by atoms with van der Waals surface area (Å²) in [4.78, 5) is 0. The Bertz CT molecular complexity index is 353. The third-order valence-electron chi connectivity index (χ3n) is 2.77. The lowest BCUT2D eigenvalue weighted by atomic mass is 10.0.